The van der Waals surface area contributed by atoms with E-state index in [1.165, 1.54) is 11.8 Å². The lowest BCUT2D eigenvalue weighted by Gasteiger charge is -2.10. The summed E-state index contributed by atoms with van der Waals surface area (Å²) in [6.45, 7) is 3.79. The second-order valence-corrected chi connectivity index (χ2v) is 7.21. The molecule has 0 radical (unpaired) electrons. The van der Waals surface area contributed by atoms with Crippen LogP contribution in [-0.2, 0) is 4.79 Å². The molecule has 0 saturated carbocycles. The first-order chi connectivity index (χ1) is 13.0. The van der Waals surface area contributed by atoms with Crippen molar-refractivity contribution in [1.82, 2.24) is 14.8 Å². The molecule has 0 aliphatic rings. The summed E-state index contributed by atoms with van der Waals surface area (Å²) < 4.78 is 7.09. The zero-order valence-electron chi connectivity index (χ0n) is 15.2. The van der Waals surface area contributed by atoms with Crippen LogP contribution in [0.25, 0.3) is 5.69 Å². The van der Waals surface area contributed by atoms with Crippen molar-refractivity contribution in [1.29, 1.82) is 0 Å². The number of carbonyl (C=O) groups is 1. The summed E-state index contributed by atoms with van der Waals surface area (Å²) in [5.41, 5.74) is 2.54. The second kappa shape index (κ2) is 8.45. The largest absolute Gasteiger partial charge is 0.497 e. The third-order valence-corrected chi connectivity index (χ3v) is 5.25. The van der Waals surface area contributed by atoms with Crippen molar-refractivity contribution in [2.75, 3.05) is 18.2 Å². The number of aromatic nitrogens is 3. The molecule has 0 saturated heterocycles. The van der Waals surface area contributed by atoms with Gasteiger partial charge >= 0.3 is 0 Å². The first kappa shape index (κ1) is 19.3. The van der Waals surface area contributed by atoms with Gasteiger partial charge in [0.05, 0.1) is 12.9 Å². The third kappa shape index (κ3) is 4.61. The molecule has 2 aromatic carbocycles. The van der Waals surface area contributed by atoms with Crippen LogP contribution in [0.4, 0.5) is 5.69 Å². The van der Waals surface area contributed by atoms with E-state index >= 15 is 0 Å². The smallest absolute Gasteiger partial charge is 0.234 e. The number of hydrogen-bond donors (Lipinski definition) is 1. The molecule has 0 aliphatic heterocycles. The number of nitrogens with one attached hydrogen (secondary N) is 1. The van der Waals surface area contributed by atoms with Gasteiger partial charge in [-0.1, -0.05) is 29.4 Å². The lowest BCUT2D eigenvalue weighted by atomic mass is 10.2. The highest BCUT2D eigenvalue weighted by Crippen LogP contribution is 2.24. The minimum Gasteiger partial charge on any atom is -0.497 e. The van der Waals surface area contributed by atoms with Crippen molar-refractivity contribution < 1.29 is 9.53 Å². The average Bonchev–Trinajstić information content (AvgIpc) is 3.03. The van der Waals surface area contributed by atoms with Gasteiger partial charge in [0.1, 0.15) is 11.6 Å². The predicted molar refractivity (Wildman–Crippen MR) is 108 cm³/mol. The molecule has 1 N–H and O–H groups in total. The number of thioether (sulfide) groups is 1. The second-order valence-electron chi connectivity index (χ2n) is 5.86. The first-order valence-electron chi connectivity index (χ1n) is 8.23. The highest BCUT2D eigenvalue weighted by molar-refractivity contribution is 7.99. The molecule has 1 amide bonds. The van der Waals surface area contributed by atoms with Crippen LogP contribution in [-0.4, -0.2) is 33.5 Å². The molecular weight excluding hydrogens is 384 g/mol. The Balaban J connectivity index is 1.69. The van der Waals surface area contributed by atoms with Gasteiger partial charge in [-0.05, 0) is 55.8 Å². The maximum atomic E-state index is 12.3. The molecule has 0 spiro atoms. The van der Waals surface area contributed by atoms with Crippen LogP contribution in [0.2, 0.25) is 5.02 Å². The van der Waals surface area contributed by atoms with E-state index in [1.54, 1.807) is 13.2 Å². The molecule has 0 fully saturated rings. The van der Waals surface area contributed by atoms with E-state index in [9.17, 15) is 4.79 Å². The fourth-order valence-electron chi connectivity index (χ4n) is 2.46. The van der Waals surface area contributed by atoms with Gasteiger partial charge in [-0.2, -0.15) is 0 Å². The summed E-state index contributed by atoms with van der Waals surface area (Å²) in [5.74, 6) is 1.59. The van der Waals surface area contributed by atoms with Gasteiger partial charge in [-0.3, -0.25) is 9.36 Å². The van der Waals surface area contributed by atoms with Crippen molar-refractivity contribution in [3.8, 4) is 11.4 Å². The SMILES string of the molecule is COc1ccc(-n2c(C)nnc2SCC(=O)Nc2ccc(C)c(Cl)c2)cc1. The van der Waals surface area contributed by atoms with Crippen molar-refractivity contribution in [2.45, 2.75) is 19.0 Å². The predicted octanol–water partition coefficient (Wildman–Crippen LogP) is 4.28. The number of halogens is 1. The fourth-order valence-corrected chi connectivity index (χ4v) is 3.44. The van der Waals surface area contributed by atoms with Gasteiger partial charge in [0.2, 0.25) is 5.91 Å². The Morgan fingerprint density at radius 3 is 2.59 bits per heavy atom. The average molecular weight is 403 g/mol. The number of hydrogen-bond acceptors (Lipinski definition) is 5. The third-order valence-electron chi connectivity index (χ3n) is 3.91. The molecule has 6 nitrogen and oxygen atoms in total. The number of ether oxygens (including phenoxy) is 1. The molecule has 0 atom stereocenters. The Kier molecular flexibility index (Phi) is 6.03. The lowest BCUT2D eigenvalue weighted by molar-refractivity contribution is -0.113. The quantitative estimate of drug-likeness (QED) is 0.623. The molecule has 0 bridgehead atoms. The summed E-state index contributed by atoms with van der Waals surface area (Å²) in [6.07, 6.45) is 0. The summed E-state index contributed by atoms with van der Waals surface area (Å²) in [5, 5.41) is 12.4. The Hall–Kier alpha value is -2.51. The number of carbonyl (C=O) groups excluding carboxylic acids is 1. The number of benzene rings is 2. The van der Waals surface area contributed by atoms with Crippen molar-refractivity contribution in [2.24, 2.45) is 0 Å². The molecule has 0 unspecified atom stereocenters. The topological polar surface area (TPSA) is 69.0 Å². The lowest BCUT2D eigenvalue weighted by Crippen LogP contribution is -2.14. The summed E-state index contributed by atoms with van der Waals surface area (Å²) in [7, 11) is 1.63. The molecule has 1 aromatic heterocycles. The van der Waals surface area contributed by atoms with Crippen LogP contribution in [0.3, 0.4) is 0 Å². The van der Waals surface area contributed by atoms with E-state index in [0.29, 0.717) is 15.9 Å². The zero-order chi connectivity index (χ0) is 19.4. The van der Waals surface area contributed by atoms with Crippen molar-refractivity contribution in [3.63, 3.8) is 0 Å². The van der Waals surface area contributed by atoms with Crippen LogP contribution < -0.4 is 10.1 Å². The van der Waals surface area contributed by atoms with Crippen LogP contribution >= 0.6 is 23.4 Å². The minimum absolute atomic E-state index is 0.137. The molecule has 140 valence electrons. The fraction of sp³-hybridized carbons (Fsp3) is 0.211. The van der Waals surface area contributed by atoms with E-state index in [-0.39, 0.29) is 11.7 Å². The molecule has 3 aromatic rings. The highest BCUT2D eigenvalue weighted by atomic mass is 35.5. The van der Waals surface area contributed by atoms with Crippen molar-refractivity contribution >= 4 is 35.0 Å². The monoisotopic (exact) mass is 402 g/mol. The standard InChI is InChI=1S/C19H19ClN4O2S/c1-12-4-5-14(10-17(12)20)21-18(25)11-27-19-23-22-13(2)24(19)15-6-8-16(26-3)9-7-15/h4-10H,11H2,1-3H3,(H,21,25). The zero-order valence-corrected chi connectivity index (χ0v) is 16.8. The summed E-state index contributed by atoms with van der Waals surface area (Å²) >= 11 is 7.42. The molecule has 8 heteroatoms. The number of amides is 1. The summed E-state index contributed by atoms with van der Waals surface area (Å²) in [4.78, 5) is 12.3. The van der Waals surface area contributed by atoms with Gasteiger partial charge in [0, 0.05) is 16.4 Å². The first-order valence-corrected chi connectivity index (χ1v) is 9.59. The van der Waals surface area contributed by atoms with Gasteiger partial charge in [-0.15, -0.1) is 10.2 Å². The normalized spacial score (nSPS) is 10.7. The van der Waals surface area contributed by atoms with Crippen molar-refractivity contribution in [3.05, 3.63) is 58.9 Å². The Morgan fingerprint density at radius 1 is 1.19 bits per heavy atom. The van der Waals surface area contributed by atoms with Gasteiger partial charge in [0.15, 0.2) is 5.16 Å². The van der Waals surface area contributed by atoms with E-state index in [0.717, 1.165) is 22.8 Å². The highest BCUT2D eigenvalue weighted by Gasteiger charge is 2.14. The van der Waals surface area contributed by atoms with Crippen LogP contribution in [0.5, 0.6) is 5.75 Å². The maximum Gasteiger partial charge on any atom is 0.234 e. The van der Waals surface area contributed by atoms with E-state index in [4.69, 9.17) is 16.3 Å². The molecular formula is C19H19ClN4O2S. The Bertz CT molecular complexity index is 957. The number of methoxy groups -OCH3 is 1. The van der Waals surface area contributed by atoms with Crippen LogP contribution in [0.15, 0.2) is 47.6 Å². The van der Waals surface area contributed by atoms with E-state index in [2.05, 4.69) is 15.5 Å². The maximum absolute atomic E-state index is 12.3. The Labute approximate surface area is 166 Å². The summed E-state index contributed by atoms with van der Waals surface area (Å²) in [6, 6.07) is 13.0. The number of aryl methyl sites for hydroxylation is 2. The Morgan fingerprint density at radius 2 is 1.93 bits per heavy atom. The van der Waals surface area contributed by atoms with E-state index in [1.807, 2.05) is 54.8 Å². The minimum atomic E-state index is -0.137. The molecule has 27 heavy (non-hydrogen) atoms. The number of rotatable bonds is 6. The van der Waals surface area contributed by atoms with Crippen LogP contribution in [0, 0.1) is 13.8 Å². The molecule has 3 rings (SSSR count). The number of nitrogens with zero attached hydrogens (tertiary/aromatic N) is 3. The van der Waals surface area contributed by atoms with Gasteiger partial charge < -0.3 is 10.1 Å². The van der Waals surface area contributed by atoms with Crippen LogP contribution in [0.1, 0.15) is 11.4 Å². The molecule has 1 heterocycles. The van der Waals surface area contributed by atoms with Gasteiger partial charge in [-0.25, -0.2) is 0 Å². The molecule has 0 aliphatic carbocycles. The van der Waals surface area contributed by atoms with Gasteiger partial charge in [0.25, 0.3) is 0 Å². The number of anilines is 1. The van der Waals surface area contributed by atoms with E-state index < -0.39 is 0 Å².